The third-order valence-electron chi connectivity index (χ3n) is 5.13. The zero-order valence-electron chi connectivity index (χ0n) is 12.9. The fraction of sp³-hybridized carbons (Fsp3) is 0.647. The van der Waals surface area contributed by atoms with Crippen LogP contribution in [0.1, 0.15) is 55.1 Å². The highest BCUT2D eigenvalue weighted by Crippen LogP contribution is 2.38. The van der Waals surface area contributed by atoms with Gasteiger partial charge in [0.2, 0.25) is 0 Å². The van der Waals surface area contributed by atoms with Crippen LogP contribution in [0.2, 0.25) is 0 Å². The molecule has 4 nitrogen and oxygen atoms in total. The van der Waals surface area contributed by atoms with Crippen LogP contribution in [0.25, 0.3) is 0 Å². The van der Waals surface area contributed by atoms with Gasteiger partial charge in [0, 0.05) is 30.5 Å². The summed E-state index contributed by atoms with van der Waals surface area (Å²) in [7, 11) is 0. The summed E-state index contributed by atoms with van der Waals surface area (Å²) < 4.78 is 0. The van der Waals surface area contributed by atoms with Crippen molar-refractivity contribution in [2.75, 3.05) is 6.54 Å². The molecule has 1 amide bonds. The van der Waals surface area contributed by atoms with E-state index < -0.39 is 0 Å². The number of likely N-dealkylation sites (tertiary alicyclic amines) is 1. The molecule has 0 bridgehead atoms. The Balaban J connectivity index is 1.85. The quantitative estimate of drug-likeness (QED) is 0.864. The lowest BCUT2D eigenvalue weighted by molar-refractivity contribution is 0.0320. The van der Waals surface area contributed by atoms with Crippen LogP contribution in [0.5, 0.6) is 0 Å². The standard InChI is InChI=1S/C17H24N2O2/c1-11-5-6-15-13(8-11)4-3-7-19(15)17(21)14-10-18-12(2)9-16(14)20/h9-11,13,15H,3-8H2,1-2H3,(H,18,20)/t11-,13-,15+/m1/s1. The summed E-state index contributed by atoms with van der Waals surface area (Å²) in [4.78, 5) is 29.8. The van der Waals surface area contributed by atoms with Gasteiger partial charge in [-0.25, -0.2) is 0 Å². The van der Waals surface area contributed by atoms with E-state index in [-0.39, 0.29) is 11.3 Å². The molecular weight excluding hydrogens is 264 g/mol. The molecule has 1 aromatic heterocycles. The average molecular weight is 288 g/mol. The number of piperidine rings is 1. The molecule has 1 aromatic rings. The van der Waals surface area contributed by atoms with E-state index in [9.17, 15) is 9.59 Å². The normalized spacial score (nSPS) is 29.0. The topological polar surface area (TPSA) is 53.2 Å². The predicted molar refractivity (Wildman–Crippen MR) is 82.4 cm³/mol. The van der Waals surface area contributed by atoms with Gasteiger partial charge < -0.3 is 9.88 Å². The van der Waals surface area contributed by atoms with Crippen molar-refractivity contribution in [2.24, 2.45) is 11.8 Å². The minimum atomic E-state index is -0.164. The zero-order chi connectivity index (χ0) is 15.0. The summed E-state index contributed by atoms with van der Waals surface area (Å²) in [5.74, 6) is 1.31. The molecule has 1 aliphatic heterocycles. The monoisotopic (exact) mass is 288 g/mol. The Labute approximate surface area is 125 Å². The van der Waals surface area contributed by atoms with Crippen molar-refractivity contribution in [2.45, 2.75) is 52.0 Å². The molecule has 0 radical (unpaired) electrons. The third-order valence-corrected chi connectivity index (χ3v) is 5.13. The fourth-order valence-corrected chi connectivity index (χ4v) is 4.04. The summed E-state index contributed by atoms with van der Waals surface area (Å²) in [5.41, 5.74) is 0.919. The van der Waals surface area contributed by atoms with Gasteiger partial charge in [0.1, 0.15) is 5.56 Å². The smallest absolute Gasteiger partial charge is 0.259 e. The van der Waals surface area contributed by atoms with Gasteiger partial charge in [-0.2, -0.15) is 0 Å². The number of aromatic nitrogens is 1. The Bertz CT molecular complexity index is 593. The SMILES string of the molecule is Cc1cc(=O)c(C(=O)N2CCC[C@@H]3C[C@H](C)CC[C@@H]32)c[nH]1. The number of pyridine rings is 1. The molecule has 1 aliphatic carbocycles. The van der Waals surface area contributed by atoms with E-state index in [0.717, 1.165) is 31.0 Å². The number of nitrogens with one attached hydrogen (secondary N) is 1. The van der Waals surface area contributed by atoms with E-state index in [1.54, 1.807) is 6.20 Å². The maximum Gasteiger partial charge on any atom is 0.259 e. The molecule has 2 heterocycles. The molecule has 114 valence electrons. The Morgan fingerprint density at radius 2 is 2.14 bits per heavy atom. The second-order valence-corrected chi connectivity index (χ2v) is 6.78. The number of hydrogen-bond donors (Lipinski definition) is 1. The second kappa shape index (κ2) is 5.66. The molecule has 1 N–H and O–H groups in total. The van der Waals surface area contributed by atoms with Crippen LogP contribution in [0, 0.1) is 18.8 Å². The van der Waals surface area contributed by atoms with E-state index in [2.05, 4.69) is 11.9 Å². The molecule has 21 heavy (non-hydrogen) atoms. The largest absolute Gasteiger partial charge is 0.364 e. The van der Waals surface area contributed by atoms with Crippen LogP contribution in [0.3, 0.4) is 0 Å². The molecule has 3 rings (SSSR count). The number of carbonyl (C=O) groups excluding carboxylic acids is 1. The van der Waals surface area contributed by atoms with Crippen LogP contribution in [0.15, 0.2) is 17.1 Å². The average Bonchev–Trinajstić information content (AvgIpc) is 2.45. The molecule has 4 heteroatoms. The number of rotatable bonds is 1. The number of hydrogen-bond acceptors (Lipinski definition) is 2. The van der Waals surface area contributed by atoms with Gasteiger partial charge in [0.15, 0.2) is 5.43 Å². The zero-order valence-corrected chi connectivity index (χ0v) is 12.9. The van der Waals surface area contributed by atoms with Crippen LogP contribution >= 0.6 is 0 Å². The molecule has 1 saturated heterocycles. The second-order valence-electron chi connectivity index (χ2n) is 6.78. The van der Waals surface area contributed by atoms with E-state index in [1.807, 2.05) is 11.8 Å². The van der Waals surface area contributed by atoms with Crippen molar-refractivity contribution in [1.82, 2.24) is 9.88 Å². The third kappa shape index (κ3) is 2.76. The number of carbonyl (C=O) groups is 1. The van der Waals surface area contributed by atoms with Crippen molar-refractivity contribution in [3.05, 3.63) is 33.7 Å². The lowest BCUT2D eigenvalue weighted by Gasteiger charge is -2.45. The minimum Gasteiger partial charge on any atom is -0.364 e. The molecular formula is C17H24N2O2. The summed E-state index contributed by atoms with van der Waals surface area (Å²) in [5, 5.41) is 0. The molecule has 3 atom stereocenters. The van der Waals surface area contributed by atoms with Crippen molar-refractivity contribution in [3.63, 3.8) is 0 Å². The highest BCUT2D eigenvalue weighted by atomic mass is 16.2. The van der Waals surface area contributed by atoms with Gasteiger partial charge in [-0.05, 0) is 50.9 Å². The maximum atomic E-state index is 12.8. The van der Waals surface area contributed by atoms with Gasteiger partial charge in [0.25, 0.3) is 5.91 Å². The van der Waals surface area contributed by atoms with E-state index in [0.29, 0.717) is 17.5 Å². The van der Waals surface area contributed by atoms with Crippen molar-refractivity contribution in [3.8, 4) is 0 Å². The summed E-state index contributed by atoms with van der Waals surface area (Å²) in [6, 6.07) is 1.85. The van der Waals surface area contributed by atoms with E-state index >= 15 is 0 Å². The van der Waals surface area contributed by atoms with Gasteiger partial charge in [0.05, 0.1) is 0 Å². The van der Waals surface area contributed by atoms with Crippen molar-refractivity contribution < 1.29 is 4.79 Å². The first-order valence-electron chi connectivity index (χ1n) is 8.06. The Morgan fingerprint density at radius 3 is 2.90 bits per heavy atom. The molecule has 0 unspecified atom stereocenters. The molecule has 2 aliphatic rings. The first-order valence-corrected chi connectivity index (χ1v) is 8.06. The van der Waals surface area contributed by atoms with Gasteiger partial charge in [-0.15, -0.1) is 0 Å². The summed E-state index contributed by atoms with van der Waals surface area (Å²) in [6.07, 6.45) is 7.36. The molecule has 2 fully saturated rings. The fourth-order valence-electron chi connectivity index (χ4n) is 4.04. The van der Waals surface area contributed by atoms with Crippen LogP contribution < -0.4 is 5.43 Å². The number of aromatic amines is 1. The Hall–Kier alpha value is -1.58. The lowest BCUT2D eigenvalue weighted by Crippen LogP contribution is -2.51. The van der Waals surface area contributed by atoms with Gasteiger partial charge in [-0.3, -0.25) is 9.59 Å². The van der Waals surface area contributed by atoms with Crippen molar-refractivity contribution >= 4 is 5.91 Å². The number of aryl methyl sites for hydroxylation is 1. The Morgan fingerprint density at radius 1 is 1.33 bits per heavy atom. The van der Waals surface area contributed by atoms with E-state index in [4.69, 9.17) is 0 Å². The highest BCUT2D eigenvalue weighted by molar-refractivity contribution is 5.94. The minimum absolute atomic E-state index is 0.0829. The maximum absolute atomic E-state index is 12.8. The first kappa shape index (κ1) is 14.4. The van der Waals surface area contributed by atoms with Crippen LogP contribution in [-0.2, 0) is 0 Å². The van der Waals surface area contributed by atoms with Crippen LogP contribution in [0.4, 0.5) is 0 Å². The predicted octanol–water partition coefficient (Wildman–Crippen LogP) is 2.72. The molecule has 1 saturated carbocycles. The summed E-state index contributed by atoms with van der Waals surface area (Å²) in [6.45, 7) is 4.93. The van der Waals surface area contributed by atoms with Crippen molar-refractivity contribution in [1.29, 1.82) is 0 Å². The van der Waals surface area contributed by atoms with Gasteiger partial charge >= 0.3 is 0 Å². The lowest BCUT2D eigenvalue weighted by atomic mass is 9.74. The first-order chi connectivity index (χ1) is 10.1. The van der Waals surface area contributed by atoms with Crippen LogP contribution in [-0.4, -0.2) is 28.4 Å². The number of nitrogens with zero attached hydrogens (tertiary/aromatic N) is 1. The van der Waals surface area contributed by atoms with E-state index in [1.165, 1.54) is 25.3 Å². The number of H-pyrrole nitrogens is 1. The number of amides is 1. The molecule has 0 aromatic carbocycles. The molecule has 0 spiro atoms. The highest BCUT2D eigenvalue weighted by Gasteiger charge is 2.38. The summed E-state index contributed by atoms with van der Waals surface area (Å²) >= 11 is 0. The Kier molecular flexibility index (Phi) is 3.87. The van der Waals surface area contributed by atoms with Gasteiger partial charge in [-0.1, -0.05) is 6.92 Å². The number of fused-ring (bicyclic) bond motifs is 1.